The molecule has 4 atom stereocenters. The molecule has 2 aliphatic carbocycles. The topological polar surface area (TPSA) is 122 Å². The summed E-state index contributed by atoms with van der Waals surface area (Å²) in [6.45, 7) is 7.75. The van der Waals surface area contributed by atoms with Crippen LogP contribution in [0.5, 0.6) is 5.75 Å². The summed E-state index contributed by atoms with van der Waals surface area (Å²) in [4.78, 5) is 25.5. The average Bonchev–Trinajstić information content (AvgIpc) is 3.62. The minimum Gasteiger partial charge on any atom is -0.497 e. The SMILES string of the molecule is CCOC(=O)CCC1CC(NC[C@H]2C[C@@H](n3cnc4c(NCc5ccc(OC)cc5)ncnc43)[C@@H]3OC(C)(C)O[C@H]23)C1. The van der Waals surface area contributed by atoms with Crippen molar-refractivity contribution in [2.45, 2.75) is 89.5 Å². The molecular formula is C31H42N6O5. The number of imidazole rings is 1. The van der Waals surface area contributed by atoms with Crippen LogP contribution in [0.15, 0.2) is 36.9 Å². The first-order valence-electron chi connectivity index (χ1n) is 15.1. The summed E-state index contributed by atoms with van der Waals surface area (Å²) in [7, 11) is 1.66. The van der Waals surface area contributed by atoms with Crippen molar-refractivity contribution in [1.29, 1.82) is 0 Å². The number of ether oxygens (including phenoxy) is 4. The zero-order chi connectivity index (χ0) is 29.3. The van der Waals surface area contributed by atoms with Crippen LogP contribution in [-0.4, -0.2) is 69.8 Å². The van der Waals surface area contributed by atoms with E-state index < -0.39 is 5.79 Å². The van der Waals surface area contributed by atoms with E-state index in [0.717, 1.165) is 54.7 Å². The van der Waals surface area contributed by atoms with E-state index in [4.69, 9.17) is 23.9 Å². The molecule has 6 rings (SSSR count). The van der Waals surface area contributed by atoms with Gasteiger partial charge in [0.05, 0.1) is 32.2 Å². The minimum atomic E-state index is -0.642. The van der Waals surface area contributed by atoms with E-state index in [1.165, 1.54) is 0 Å². The Bertz CT molecular complexity index is 1370. The van der Waals surface area contributed by atoms with Gasteiger partial charge >= 0.3 is 5.97 Å². The van der Waals surface area contributed by atoms with Gasteiger partial charge in [-0.15, -0.1) is 0 Å². The number of anilines is 1. The van der Waals surface area contributed by atoms with E-state index in [2.05, 4.69) is 25.2 Å². The summed E-state index contributed by atoms with van der Waals surface area (Å²) in [6.07, 6.45) is 7.88. The monoisotopic (exact) mass is 578 g/mol. The van der Waals surface area contributed by atoms with E-state index in [1.54, 1.807) is 13.4 Å². The van der Waals surface area contributed by atoms with Crippen LogP contribution >= 0.6 is 0 Å². The number of nitrogens with zero attached hydrogens (tertiary/aromatic N) is 4. The zero-order valence-corrected chi connectivity index (χ0v) is 24.9. The Morgan fingerprint density at radius 1 is 1.10 bits per heavy atom. The lowest BCUT2D eigenvalue weighted by Crippen LogP contribution is -2.44. The number of nitrogens with one attached hydrogen (secondary N) is 2. The Kier molecular flexibility index (Phi) is 8.33. The molecule has 3 aromatic rings. The molecule has 226 valence electrons. The van der Waals surface area contributed by atoms with Gasteiger partial charge in [0, 0.05) is 31.5 Å². The molecule has 2 N–H and O–H groups in total. The van der Waals surface area contributed by atoms with Crippen molar-refractivity contribution in [3.05, 3.63) is 42.5 Å². The Morgan fingerprint density at radius 3 is 2.64 bits per heavy atom. The molecule has 0 amide bonds. The maximum Gasteiger partial charge on any atom is 0.305 e. The van der Waals surface area contributed by atoms with Crippen molar-refractivity contribution in [2.24, 2.45) is 11.8 Å². The fourth-order valence-electron chi connectivity index (χ4n) is 6.69. The number of hydrogen-bond acceptors (Lipinski definition) is 10. The number of methoxy groups -OCH3 is 1. The number of carbonyl (C=O) groups excluding carboxylic acids is 1. The molecule has 2 saturated carbocycles. The van der Waals surface area contributed by atoms with Crippen LogP contribution in [-0.2, 0) is 25.5 Å². The average molecular weight is 579 g/mol. The van der Waals surface area contributed by atoms with Crippen LogP contribution in [0.3, 0.4) is 0 Å². The number of esters is 1. The van der Waals surface area contributed by atoms with E-state index in [1.807, 2.05) is 51.4 Å². The molecule has 0 radical (unpaired) electrons. The number of carbonyl (C=O) groups is 1. The summed E-state index contributed by atoms with van der Waals surface area (Å²) in [5.74, 6) is 1.69. The molecular weight excluding hydrogens is 536 g/mol. The first-order chi connectivity index (χ1) is 20.3. The van der Waals surface area contributed by atoms with Crippen LogP contribution in [0.25, 0.3) is 11.2 Å². The lowest BCUT2D eigenvalue weighted by atomic mass is 9.77. The van der Waals surface area contributed by atoms with E-state index in [9.17, 15) is 4.79 Å². The fraction of sp³-hybridized carbons (Fsp3) is 0.613. The fourth-order valence-corrected chi connectivity index (χ4v) is 6.69. The summed E-state index contributed by atoms with van der Waals surface area (Å²) in [5.41, 5.74) is 2.65. The quantitative estimate of drug-likeness (QED) is 0.302. The van der Waals surface area contributed by atoms with Crippen molar-refractivity contribution in [1.82, 2.24) is 24.8 Å². The molecule has 11 nitrogen and oxygen atoms in total. The third kappa shape index (κ3) is 6.09. The third-order valence-corrected chi connectivity index (χ3v) is 8.85. The second-order valence-electron chi connectivity index (χ2n) is 12.2. The van der Waals surface area contributed by atoms with Gasteiger partial charge in [0.1, 0.15) is 23.7 Å². The number of benzene rings is 1. The van der Waals surface area contributed by atoms with E-state index in [0.29, 0.717) is 43.3 Å². The number of rotatable bonds is 12. The number of aromatic nitrogens is 4. The molecule has 3 heterocycles. The number of fused-ring (bicyclic) bond motifs is 2. The standard InChI is InChI=1S/C31H42N6O5/c1-5-40-25(38)11-8-20-12-22(13-20)32-16-21-14-24(28-27(21)41-31(2,3)42-28)37-18-36-26-29(34-17-35-30(26)37)33-15-19-6-9-23(39-4)10-7-19/h6-7,9-10,17-18,20-22,24,27-28,32H,5,8,11-16H2,1-4H3,(H,33,34,35)/t20?,21-,22?,24-,27-,28+/m1/s1. The van der Waals surface area contributed by atoms with Gasteiger partial charge in [-0.2, -0.15) is 0 Å². The molecule has 1 aliphatic heterocycles. The second-order valence-corrected chi connectivity index (χ2v) is 12.2. The Balaban J connectivity index is 1.10. The van der Waals surface area contributed by atoms with Gasteiger partial charge in [0.25, 0.3) is 0 Å². The molecule has 2 aromatic heterocycles. The summed E-state index contributed by atoms with van der Waals surface area (Å²) >= 11 is 0. The molecule has 11 heteroatoms. The highest BCUT2D eigenvalue weighted by atomic mass is 16.8. The Labute approximate surface area is 246 Å². The highest BCUT2D eigenvalue weighted by Crippen LogP contribution is 2.47. The number of hydrogen-bond donors (Lipinski definition) is 2. The van der Waals surface area contributed by atoms with Gasteiger partial charge in [-0.05, 0) is 70.1 Å². The van der Waals surface area contributed by atoms with Crippen molar-refractivity contribution in [3.63, 3.8) is 0 Å². The molecule has 0 unspecified atom stereocenters. The lowest BCUT2D eigenvalue weighted by Gasteiger charge is -2.37. The first kappa shape index (κ1) is 28.8. The minimum absolute atomic E-state index is 0.0101. The normalized spacial score (nSPS) is 27.9. The first-order valence-corrected chi connectivity index (χ1v) is 15.1. The van der Waals surface area contributed by atoms with Crippen LogP contribution in [0.4, 0.5) is 5.82 Å². The third-order valence-electron chi connectivity index (χ3n) is 8.85. The maximum absolute atomic E-state index is 11.7. The predicted octanol–water partition coefficient (Wildman–Crippen LogP) is 4.24. The second kappa shape index (κ2) is 12.1. The van der Waals surface area contributed by atoms with Gasteiger partial charge in [0.2, 0.25) is 0 Å². The summed E-state index contributed by atoms with van der Waals surface area (Å²) in [5, 5.41) is 7.20. The van der Waals surface area contributed by atoms with Crippen molar-refractivity contribution < 1.29 is 23.7 Å². The van der Waals surface area contributed by atoms with Crippen molar-refractivity contribution in [3.8, 4) is 5.75 Å². The van der Waals surface area contributed by atoms with Crippen LogP contribution in [0.2, 0.25) is 0 Å². The molecule has 0 bridgehead atoms. The molecule has 1 aromatic carbocycles. The van der Waals surface area contributed by atoms with Crippen molar-refractivity contribution in [2.75, 3.05) is 25.6 Å². The largest absolute Gasteiger partial charge is 0.497 e. The zero-order valence-electron chi connectivity index (χ0n) is 24.9. The summed E-state index contributed by atoms with van der Waals surface area (Å²) in [6, 6.07) is 8.49. The highest BCUT2D eigenvalue weighted by molar-refractivity contribution is 5.82. The van der Waals surface area contributed by atoms with Crippen LogP contribution in [0.1, 0.15) is 64.5 Å². The van der Waals surface area contributed by atoms with Gasteiger partial charge in [-0.3, -0.25) is 4.79 Å². The van der Waals surface area contributed by atoms with Gasteiger partial charge in [-0.25, -0.2) is 15.0 Å². The van der Waals surface area contributed by atoms with Crippen LogP contribution < -0.4 is 15.4 Å². The van der Waals surface area contributed by atoms with Gasteiger partial charge in [0.15, 0.2) is 17.3 Å². The lowest BCUT2D eigenvalue weighted by molar-refractivity contribution is -0.160. The maximum atomic E-state index is 11.7. The highest BCUT2D eigenvalue weighted by Gasteiger charge is 2.54. The van der Waals surface area contributed by atoms with Crippen LogP contribution in [0, 0.1) is 11.8 Å². The van der Waals surface area contributed by atoms with E-state index >= 15 is 0 Å². The van der Waals surface area contributed by atoms with Crippen molar-refractivity contribution >= 4 is 23.0 Å². The van der Waals surface area contributed by atoms with Gasteiger partial charge in [-0.1, -0.05) is 12.1 Å². The molecule has 42 heavy (non-hydrogen) atoms. The van der Waals surface area contributed by atoms with Gasteiger partial charge < -0.3 is 34.1 Å². The van der Waals surface area contributed by atoms with E-state index in [-0.39, 0.29) is 24.2 Å². The Morgan fingerprint density at radius 2 is 1.88 bits per heavy atom. The Hall–Kier alpha value is -3.28. The molecule has 0 spiro atoms. The smallest absolute Gasteiger partial charge is 0.305 e. The molecule has 3 fully saturated rings. The molecule has 1 saturated heterocycles. The molecule has 3 aliphatic rings. The predicted molar refractivity (Wildman–Crippen MR) is 157 cm³/mol. The summed E-state index contributed by atoms with van der Waals surface area (Å²) < 4.78 is 25.4.